The molecule has 1 amide bonds. The summed E-state index contributed by atoms with van der Waals surface area (Å²) in [5.74, 6) is -0.251. The lowest BCUT2D eigenvalue weighted by Crippen LogP contribution is -2.34. The SMILES string of the molecule is CCc1ccc(NC(=S)NC(=O)c2ccc(C(C)(C)C)cc2)c(Cl)c1. The molecule has 0 atom stereocenters. The van der Waals surface area contributed by atoms with Crippen molar-refractivity contribution < 1.29 is 4.79 Å². The third-order valence-corrected chi connectivity index (χ3v) is 4.45. The molecule has 2 N–H and O–H groups in total. The van der Waals surface area contributed by atoms with E-state index in [-0.39, 0.29) is 16.4 Å². The number of anilines is 1. The first kappa shape index (κ1) is 19.4. The molecule has 0 spiro atoms. The van der Waals surface area contributed by atoms with Gasteiger partial charge in [0.2, 0.25) is 0 Å². The molecule has 0 unspecified atom stereocenters. The molecule has 0 heterocycles. The molecule has 0 aromatic heterocycles. The van der Waals surface area contributed by atoms with Crippen molar-refractivity contribution in [1.82, 2.24) is 5.32 Å². The third kappa shape index (κ3) is 5.28. The van der Waals surface area contributed by atoms with Gasteiger partial charge in [0.15, 0.2) is 5.11 Å². The number of benzene rings is 2. The highest BCUT2D eigenvalue weighted by molar-refractivity contribution is 7.80. The second kappa shape index (κ2) is 7.98. The number of nitrogens with one attached hydrogen (secondary N) is 2. The van der Waals surface area contributed by atoms with Crippen LogP contribution in [-0.2, 0) is 11.8 Å². The number of hydrogen-bond acceptors (Lipinski definition) is 2. The Hall–Kier alpha value is -1.91. The van der Waals surface area contributed by atoms with E-state index in [1.54, 1.807) is 0 Å². The highest BCUT2D eigenvalue weighted by atomic mass is 35.5. The van der Waals surface area contributed by atoms with Gasteiger partial charge in [-0.05, 0) is 59.4 Å². The van der Waals surface area contributed by atoms with E-state index in [1.807, 2.05) is 42.5 Å². The molecule has 25 heavy (non-hydrogen) atoms. The number of aryl methyl sites for hydroxylation is 1. The van der Waals surface area contributed by atoms with Crippen LogP contribution in [0.15, 0.2) is 42.5 Å². The highest BCUT2D eigenvalue weighted by Crippen LogP contribution is 2.24. The number of hydrogen-bond donors (Lipinski definition) is 2. The minimum Gasteiger partial charge on any atom is -0.331 e. The maximum Gasteiger partial charge on any atom is 0.257 e. The van der Waals surface area contributed by atoms with Crippen molar-refractivity contribution in [3.8, 4) is 0 Å². The maximum absolute atomic E-state index is 12.3. The summed E-state index contributed by atoms with van der Waals surface area (Å²) in [6.45, 7) is 8.46. The van der Waals surface area contributed by atoms with E-state index < -0.39 is 0 Å². The van der Waals surface area contributed by atoms with Gasteiger partial charge in [-0.15, -0.1) is 0 Å². The van der Waals surface area contributed by atoms with Crippen molar-refractivity contribution >= 4 is 40.5 Å². The molecule has 2 aromatic rings. The average molecular weight is 375 g/mol. The summed E-state index contributed by atoms with van der Waals surface area (Å²) in [6.07, 6.45) is 0.908. The van der Waals surface area contributed by atoms with Crippen LogP contribution in [0.25, 0.3) is 0 Å². The van der Waals surface area contributed by atoms with Gasteiger partial charge in [-0.2, -0.15) is 0 Å². The summed E-state index contributed by atoms with van der Waals surface area (Å²) in [5.41, 5.74) is 3.60. The van der Waals surface area contributed by atoms with Gasteiger partial charge >= 0.3 is 0 Å². The summed E-state index contributed by atoms with van der Waals surface area (Å²) in [7, 11) is 0. The number of carbonyl (C=O) groups is 1. The molecule has 0 saturated heterocycles. The number of amides is 1. The average Bonchev–Trinajstić information content (AvgIpc) is 2.56. The summed E-state index contributed by atoms with van der Waals surface area (Å²) in [5, 5.41) is 6.44. The zero-order valence-electron chi connectivity index (χ0n) is 14.9. The van der Waals surface area contributed by atoms with Gasteiger partial charge in [0.1, 0.15) is 0 Å². The van der Waals surface area contributed by atoms with Crippen LogP contribution in [0.5, 0.6) is 0 Å². The van der Waals surface area contributed by atoms with E-state index in [0.717, 1.165) is 12.0 Å². The van der Waals surface area contributed by atoms with E-state index in [4.69, 9.17) is 23.8 Å². The van der Waals surface area contributed by atoms with Gasteiger partial charge in [-0.3, -0.25) is 10.1 Å². The fourth-order valence-corrected chi connectivity index (χ4v) is 2.78. The van der Waals surface area contributed by atoms with Crippen LogP contribution >= 0.6 is 23.8 Å². The lowest BCUT2D eigenvalue weighted by atomic mass is 9.87. The monoisotopic (exact) mass is 374 g/mol. The van der Waals surface area contributed by atoms with Crippen molar-refractivity contribution in [2.24, 2.45) is 0 Å². The van der Waals surface area contributed by atoms with E-state index in [2.05, 4.69) is 38.3 Å². The van der Waals surface area contributed by atoms with Crippen LogP contribution in [0.4, 0.5) is 5.69 Å². The number of halogens is 1. The Balaban J connectivity index is 2.01. The Labute approximate surface area is 159 Å². The van der Waals surface area contributed by atoms with E-state index in [0.29, 0.717) is 16.3 Å². The molecule has 5 heteroatoms. The van der Waals surface area contributed by atoms with Gasteiger partial charge in [-0.25, -0.2) is 0 Å². The maximum atomic E-state index is 12.3. The normalized spacial score (nSPS) is 11.1. The van der Waals surface area contributed by atoms with Crippen LogP contribution in [-0.4, -0.2) is 11.0 Å². The van der Waals surface area contributed by atoms with Crippen LogP contribution in [0.3, 0.4) is 0 Å². The Morgan fingerprint density at radius 3 is 2.28 bits per heavy atom. The van der Waals surface area contributed by atoms with Crippen LogP contribution in [0, 0.1) is 0 Å². The molecule has 0 aliphatic heterocycles. The third-order valence-electron chi connectivity index (χ3n) is 3.93. The topological polar surface area (TPSA) is 41.1 Å². The van der Waals surface area contributed by atoms with Crippen molar-refractivity contribution in [3.63, 3.8) is 0 Å². The zero-order valence-corrected chi connectivity index (χ0v) is 16.5. The smallest absolute Gasteiger partial charge is 0.257 e. The molecule has 0 fully saturated rings. The first-order valence-corrected chi connectivity index (χ1v) is 9.00. The second-order valence-electron chi connectivity index (χ2n) is 6.90. The molecule has 3 nitrogen and oxygen atoms in total. The zero-order chi connectivity index (χ0) is 18.6. The molecular weight excluding hydrogens is 352 g/mol. The first-order valence-electron chi connectivity index (χ1n) is 8.22. The first-order chi connectivity index (χ1) is 11.7. The Morgan fingerprint density at radius 2 is 1.76 bits per heavy atom. The number of thiocarbonyl (C=S) groups is 1. The lowest BCUT2D eigenvalue weighted by Gasteiger charge is -2.19. The van der Waals surface area contributed by atoms with E-state index in [9.17, 15) is 4.79 Å². The molecule has 0 bridgehead atoms. The minimum atomic E-state index is -0.251. The highest BCUT2D eigenvalue weighted by Gasteiger charge is 2.15. The largest absolute Gasteiger partial charge is 0.331 e. The number of rotatable bonds is 3. The van der Waals surface area contributed by atoms with Crippen LogP contribution in [0.2, 0.25) is 5.02 Å². The van der Waals surface area contributed by atoms with Gasteiger partial charge in [-0.1, -0.05) is 57.5 Å². The molecule has 0 aliphatic rings. The summed E-state index contributed by atoms with van der Waals surface area (Å²) in [4.78, 5) is 12.3. The molecule has 2 aromatic carbocycles. The quantitative estimate of drug-likeness (QED) is 0.713. The number of carbonyl (C=O) groups excluding carboxylic acids is 1. The summed E-state index contributed by atoms with van der Waals surface area (Å²) in [6, 6.07) is 13.3. The fourth-order valence-electron chi connectivity index (χ4n) is 2.33. The van der Waals surface area contributed by atoms with Gasteiger partial charge in [0.05, 0.1) is 10.7 Å². The molecule has 2 rings (SSSR count). The van der Waals surface area contributed by atoms with Crippen molar-refractivity contribution in [3.05, 3.63) is 64.2 Å². The van der Waals surface area contributed by atoms with Gasteiger partial charge in [0, 0.05) is 5.56 Å². The Kier molecular flexibility index (Phi) is 6.20. The van der Waals surface area contributed by atoms with Gasteiger partial charge in [0.25, 0.3) is 5.91 Å². The summed E-state index contributed by atoms with van der Waals surface area (Å²) >= 11 is 11.4. The van der Waals surface area contributed by atoms with E-state index >= 15 is 0 Å². The predicted octanol–water partition coefficient (Wildman–Crippen LogP) is 5.33. The lowest BCUT2D eigenvalue weighted by molar-refractivity contribution is 0.0977. The Bertz CT molecular complexity index is 779. The van der Waals surface area contributed by atoms with Gasteiger partial charge < -0.3 is 5.32 Å². The summed E-state index contributed by atoms with van der Waals surface area (Å²) < 4.78 is 0. The van der Waals surface area contributed by atoms with Crippen molar-refractivity contribution in [2.75, 3.05) is 5.32 Å². The molecule has 0 radical (unpaired) electrons. The van der Waals surface area contributed by atoms with Crippen molar-refractivity contribution in [2.45, 2.75) is 39.5 Å². The van der Waals surface area contributed by atoms with Crippen LogP contribution < -0.4 is 10.6 Å². The second-order valence-corrected chi connectivity index (χ2v) is 7.72. The Morgan fingerprint density at radius 1 is 1.12 bits per heavy atom. The van der Waals surface area contributed by atoms with Crippen LogP contribution in [0.1, 0.15) is 49.2 Å². The molecule has 0 aliphatic carbocycles. The molecular formula is C20H23ClN2OS. The molecule has 132 valence electrons. The standard InChI is InChI=1S/C20H23ClN2OS/c1-5-13-6-11-17(16(21)12-13)22-19(25)23-18(24)14-7-9-15(10-8-14)20(2,3)4/h6-12H,5H2,1-4H3,(H2,22,23,24,25). The van der Waals surface area contributed by atoms with E-state index in [1.165, 1.54) is 5.56 Å². The predicted molar refractivity (Wildman–Crippen MR) is 110 cm³/mol. The minimum absolute atomic E-state index is 0.0489. The van der Waals surface area contributed by atoms with Crippen molar-refractivity contribution in [1.29, 1.82) is 0 Å². The molecule has 0 saturated carbocycles. The fraction of sp³-hybridized carbons (Fsp3) is 0.300.